The first kappa shape index (κ1) is 23.3. The van der Waals surface area contributed by atoms with Crippen molar-refractivity contribution >= 4 is 19.5 Å². The van der Waals surface area contributed by atoms with Crippen LogP contribution < -0.4 is 5.32 Å². The lowest BCUT2D eigenvalue weighted by atomic mass is 10.1. The van der Waals surface area contributed by atoms with Gasteiger partial charge in [0, 0.05) is 19.8 Å². The summed E-state index contributed by atoms with van der Waals surface area (Å²) in [5.41, 5.74) is 1.13. The molecule has 1 amide bonds. The van der Waals surface area contributed by atoms with Gasteiger partial charge >= 0.3 is 13.6 Å². The Balaban J connectivity index is 2.72. The minimum atomic E-state index is -3.16. The van der Waals surface area contributed by atoms with Gasteiger partial charge in [0.1, 0.15) is 6.04 Å². The number of esters is 1. The Morgan fingerprint density at radius 1 is 1.04 bits per heavy atom. The maximum atomic E-state index is 12.5. The van der Waals surface area contributed by atoms with E-state index in [4.69, 9.17) is 13.8 Å². The van der Waals surface area contributed by atoms with Crippen molar-refractivity contribution in [1.82, 2.24) is 5.32 Å². The Morgan fingerprint density at radius 3 is 2.19 bits per heavy atom. The van der Waals surface area contributed by atoms with E-state index in [2.05, 4.69) is 12.2 Å². The molecule has 1 aromatic rings. The number of rotatable bonds is 12. The largest absolute Gasteiger partial charge is 0.467 e. The molecule has 1 aromatic carbocycles. The van der Waals surface area contributed by atoms with E-state index in [1.807, 2.05) is 0 Å². The minimum absolute atomic E-state index is 0.115. The van der Waals surface area contributed by atoms with Crippen LogP contribution in [0.1, 0.15) is 54.9 Å². The number of unbranched alkanes of at least 4 members (excludes halogenated alkanes) is 3. The van der Waals surface area contributed by atoms with E-state index in [9.17, 15) is 14.2 Å². The van der Waals surface area contributed by atoms with E-state index in [-0.39, 0.29) is 12.1 Å². The number of amides is 1. The summed E-state index contributed by atoms with van der Waals surface area (Å²) in [6.45, 7) is 2.11. The molecule has 0 aliphatic carbocycles. The van der Waals surface area contributed by atoms with Crippen LogP contribution in [0.2, 0.25) is 0 Å². The SMILES string of the molecule is CCCCCC[C@@H](NC(=O)c1ccc(CP(=O)(OC)OC)cc1)C(=O)OC. The molecule has 1 rings (SSSR count). The van der Waals surface area contributed by atoms with Gasteiger partial charge in [-0.15, -0.1) is 0 Å². The molecule has 0 heterocycles. The first-order valence-electron chi connectivity index (χ1n) is 9.07. The second-order valence-electron chi connectivity index (χ2n) is 6.23. The van der Waals surface area contributed by atoms with Crippen LogP contribution in [0, 0.1) is 0 Å². The predicted molar refractivity (Wildman–Crippen MR) is 104 cm³/mol. The maximum absolute atomic E-state index is 12.5. The molecule has 1 N–H and O–H groups in total. The molecule has 0 saturated carbocycles. The number of nitrogens with one attached hydrogen (secondary N) is 1. The van der Waals surface area contributed by atoms with Gasteiger partial charge in [0.15, 0.2) is 0 Å². The zero-order chi connectivity index (χ0) is 20.3. The summed E-state index contributed by atoms with van der Waals surface area (Å²) in [6, 6.07) is 5.95. The van der Waals surface area contributed by atoms with Crippen LogP contribution in [-0.4, -0.2) is 39.2 Å². The first-order valence-corrected chi connectivity index (χ1v) is 10.8. The van der Waals surface area contributed by atoms with E-state index in [0.29, 0.717) is 12.0 Å². The summed E-state index contributed by atoms with van der Waals surface area (Å²) in [5.74, 6) is -0.799. The lowest BCUT2D eigenvalue weighted by Crippen LogP contribution is -2.41. The lowest BCUT2D eigenvalue weighted by Gasteiger charge is -2.17. The van der Waals surface area contributed by atoms with Gasteiger partial charge in [-0.3, -0.25) is 9.36 Å². The molecule has 0 aromatic heterocycles. The summed E-state index contributed by atoms with van der Waals surface area (Å²) >= 11 is 0. The van der Waals surface area contributed by atoms with Crippen LogP contribution in [-0.2, 0) is 29.3 Å². The fraction of sp³-hybridized carbons (Fsp3) is 0.579. The summed E-state index contributed by atoms with van der Waals surface area (Å²) in [4.78, 5) is 24.4. The molecule has 1 atom stereocenters. The Kier molecular flexibility index (Phi) is 10.3. The highest BCUT2D eigenvalue weighted by atomic mass is 31.2. The highest BCUT2D eigenvalue weighted by Crippen LogP contribution is 2.49. The van der Waals surface area contributed by atoms with Gasteiger partial charge in [-0.1, -0.05) is 44.7 Å². The number of hydrogen-bond acceptors (Lipinski definition) is 6. The molecule has 0 radical (unpaired) electrons. The Labute approximate surface area is 161 Å². The number of ether oxygens (including phenoxy) is 1. The van der Waals surface area contributed by atoms with E-state index in [1.54, 1.807) is 24.3 Å². The number of hydrogen-bond donors (Lipinski definition) is 1. The van der Waals surface area contributed by atoms with Crippen LogP contribution in [0.15, 0.2) is 24.3 Å². The number of benzene rings is 1. The zero-order valence-electron chi connectivity index (χ0n) is 16.5. The van der Waals surface area contributed by atoms with Crippen molar-refractivity contribution < 1.29 is 27.9 Å². The highest BCUT2D eigenvalue weighted by molar-refractivity contribution is 7.52. The van der Waals surface area contributed by atoms with Gasteiger partial charge in [-0.05, 0) is 24.1 Å². The smallest absolute Gasteiger partial charge is 0.334 e. The molecule has 0 saturated heterocycles. The van der Waals surface area contributed by atoms with E-state index in [0.717, 1.165) is 31.2 Å². The van der Waals surface area contributed by atoms with Crippen molar-refractivity contribution in [3.8, 4) is 0 Å². The Bertz CT molecular complexity index is 638. The van der Waals surface area contributed by atoms with Crippen LogP contribution in [0.5, 0.6) is 0 Å². The molecular weight excluding hydrogens is 369 g/mol. The molecule has 0 spiro atoms. The number of methoxy groups -OCH3 is 1. The quantitative estimate of drug-likeness (QED) is 0.325. The topological polar surface area (TPSA) is 90.9 Å². The first-order chi connectivity index (χ1) is 12.9. The second-order valence-corrected chi connectivity index (χ2v) is 8.50. The number of carbonyl (C=O) groups excluding carboxylic acids is 2. The molecule has 7 nitrogen and oxygen atoms in total. The van der Waals surface area contributed by atoms with Crippen molar-refractivity contribution in [2.45, 2.75) is 51.2 Å². The fourth-order valence-corrected chi connectivity index (χ4v) is 3.66. The van der Waals surface area contributed by atoms with Gasteiger partial charge in [0.05, 0.1) is 13.3 Å². The van der Waals surface area contributed by atoms with Gasteiger partial charge in [0.2, 0.25) is 0 Å². The van der Waals surface area contributed by atoms with Crippen molar-refractivity contribution in [2.24, 2.45) is 0 Å². The zero-order valence-corrected chi connectivity index (χ0v) is 17.4. The normalized spacial score (nSPS) is 12.4. The minimum Gasteiger partial charge on any atom is -0.467 e. The average molecular weight is 399 g/mol. The molecule has 8 heteroatoms. The van der Waals surface area contributed by atoms with E-state index in [1.165, 1.54) is 21.3 Å². The molecule has 0 aliphatic rings. The molecule has 0 fully saturated rings. The third-order valence-electron chi connectivity index (χ3n) is 4.29. The van der Waals surface area contributed by atoms with Crippen molar-refractivity contribution in [3.63, 3.8) is 0 Å². The third kappa shape index (κ3) is 7.83. The molecule has 0 aliphatic heterocycles. The van der Waals surface area contributed by atoms with Gasteiger partial charge < -0.3 is 19.1 Å². The van der Waals surface area contributed by atoms with E-state index >= 15 is 0 Å². The van der Waals surface area contributed by atoms with Crippen LogP contribution in [0.4, 0.5) is 0 Å². The molecular formula is C19H30NO6P. The summed E-state index contributed by atoms with van der Waals surface area (Å²) in [7, 11) is 0.816. The fourth-order valence-electron chi connectivity index (χ4n) is 2.60. The lowest BCUT2D eigenvalue weighted by molar-refractivity contribution is -0.143. The van der Waals surface area contributed by atoms with Gasteiger partial charge in [-0.25, -0.2) is 4.79 Å². The maximum Gasteiger partial charge on any atom is 0.334 e. The standard InChI is InChI=1S/C19H30NO6P/c1-5-6-7-8-9-17(19(22)24-2)20-18(21)16-12-10-15(11-13-16)14-27(23,25-3)26-4/h10-13,17H,5-9,14H2,1-4H3,(H,20,21)/t17-/m1/s1. The molecule has 27 heavy (non-hydrogen) atoms. The Morgan fingerprint density at radius 2 is 1.67 bits per heavy atom. The highest BCUT2D eigenvalue weighted by Gasteiger charge is 2.23. The van der Waals surface area contributed by atoms with Crippen LogP contribution >= 0.6 is 7.60 Å². The summed E-state index contributed by atoms with van der Waals surface area (Å²) in [6.07, 6.45) is 4.70. The van der Waals surface area contributed by atoms with Crippen LogP contribution in [0.25, 0.3) is 0 Å². The molecule has 0 bridgehead atoms. The van der Waals surface area contributed by atoms with E-state index < -0.39 is 19.6 Å². The molecule has 0 unspecified atom stereocenters. The van der Waals surface area contributed by atoms with Gasteiger partial charge in [-0.2, -0.15) is 0 Å². The summed E-state index contributed by atoms with van der Waals surface area (Å²) in [5, 5.41) is 2.73. The monoisotopic (exact) mass is 399 g/mol. The second kappa shape index (κ2) is 11.9. The average Bonchev–Trinajstić information content (AvgIpc) is 2.69. The summed E-state index contributed by atoms with van der Waals surface area (Å²) < 4.78 is 26.8. The molecule has 152 valence electrons. The predicted octanol–water partition coefficient (Wildman–Crippen LogP) is 3.91. The van der Waals surface area contributed by atoms with Gasteiger partial charge in [0.25, 0.3) is 5.91 Å². The van der Waals surface area contributed by atoms with Crippen LogP contribution in [0.3, 0.4) is 0 Å². The van der Waals surface area contributed by atoms with Crippen molar-refractivity contribution in [1.29, 1.82) is 0 Å². The Hall–Kier alpha value is -1.69. The third-order valence-corrected chi connectivity index (χ3v) is 6.15. The number of carbonyl (C=O) groups is 2. The van der Waals surface area contributed by atoms with Crippen molar-refractivity contribution in [2.75, 3.05) is 21.3 Å². The van der Waals surface area contributed by atoms with Crippen molar-refractivity contribution in [3.05, 3.63) is 35.4 Å².